The van der Waals surface area contributed by atoms with E-state index in [1.807, 2.05) is 19.9 Å². The Kier molecular flexibility index (Phi) is 9.75. The van der Waals surface area contributed by atoms with Gasteiger partial charge in [0.15, 0.2) is 0 Å². The molecule has 0 spiro atoms. The zero-order chi connectivity index (χ0) is 26.9. The van der Waals surface area contributed by atoms with Crippen molar-refractivity contribution in [2.45, 2.75) is 26.9 Å². The SMILES string of the molecule is C=Nc1c(C(=O)NCC(O)CN(CC)CC)ccc(C#Cc2c(N)ncc3ccc(Cl)cc23)c1N=CC. The molecule has 1 amide bonds. The lowest BCUT2D eigenvalue weighted by molar-refractivity contribution is 0.0870. The Balaban J connectivity index is 1.96. The van der Waals surface area contributed by atoms with E-state index in [-0.39, 0.29) is 23.8 Å². The Hall–Kier alpha value is -3.77. The lowest BCUT2D eigenvalue weighted by Gasteiger charge is -2.22. The summed E-state index contributed by atoms with van der Waals surface area (Å²) in [5.41, 5.74) is 8.21. The number of nitrogens with two attached hydrogens (primary N) is 1. The molecule has 0 aliphatic rings. The van der Waals surface area contributed by atoms with E-state index < -0.39 is 6.10 Å². The summed E-state index contributed by atoms with van der Waals surface area (Å²) >= 11 is 6.19. The van der Waals surface area contributed by atoms with Gasteiger partial charge in [-0.1, -0.05) is 43.4 Å². The zero-order valence-electron chi connectivity index (χ0n) is 21.3. The minimum Gasteiger partial charge on any atom is -0.390 e. The molecule has 3 aromatic rings. The first-order valence-corrected chi connectivity index (χ1v) is 12.4. The van der Waals surface area contributed by atoms with Crippen LogP contribution in [0.4, 0.5) is 17.2 Å². The monoisotopic (exact) mass is 518 g/mol. The number of hydrogen-bond acceptors (Lipinski definition) is 7. The van der Waals surface area contributed by atoms with Crippen LogP contribution in [0.2, 0.25) is 5.02 Å². The maximum Gasteiger partial charge on any atom is 0.253 e. The summed E-state index contributed by atoms with van der Waals surface area (Å²) in [5, 5.41) is 15.3. The van der Waals surface area contributed by atoms with Crippen molar-refractivity contribution >= 4 is 58.4 Å². The largest absolute Gasteiger partial charge is 0.390 e. The lowest BCUT2D eigenvalue weighted by atomic mass is 10.0. The summed E-state index contributed by atoms with van der Waals surface area (Å²) in [6.45, 7) is 11.7. The van der Waals surface area contributed by atoms with Crippen molar-refractivity contribution < 1.29 is 9.90 Å². The molecule has 1 heterocycles. The summed E-state index contributed by atoms with van der Waals surface area (Å²) in [4.78, 5) is 27.8. The number of nitrogens with zero attached hydrogens (tertiary/aromatic N) is 4. The quantitative estimate of drug-likeness (QED) is 0.287. The molecule has 8 nitrogen and oxygen atoms in total. The van der Waals surface area contributed by atoms with Gasteiger partial charge in [-0.05, 0) is 51.0 Å². The van der Waals surface area contributed by atoms with Crippen molar-refractivity contribution in [2.75, 3.05) is 31.9 Å². The van der Waals surface area contributed by atoms with Crippen LogP contribution in [0.25, 0.3) is 10.8 Å². The van der Waals surface area contributed by atoms with E-state index in [0.29, 0.717) is 34.1 Å². The molecule has 0 saturated carbocycles. The molecular weight excluding hydrogens is 488 g/mol. The average Bonchev–Trinajstić information content (AvgIpc) is 2.90. The van der Waals surface area contributed by atoms with E-state index in [1.165, 1.54) is 0 Å². The molecule has 0 aliphatic heterocycles. The number of likely N-dealkylation sites (N-methyl/N-ethyl adjacent to an activating group) is 1. The van der Waals surface area contributed by atoms with Gasteiger partial charge >= 0.3 is 0 Å². The maximum absolute atomic E-state index is 13.0. The molecule has 0 aliphatic carbocycles. The third-order valence-electron chi connectivity index (χ3n) is 5.88. The molecule has 0 saturated heterocycles. The number of halogens is 1. The highest BCUT2D eigenvalue weighted by atomic mass is 35.5. The van der Waals surface area contributed by atoms with Crippen LogP contribution in [-0.2, 0) is 0 Å². The van der Waals surface area contributed by atoms with E-state index in [2.05, 4.69) is 43.7 Å². The molecular formula is C28H31ClN6O2. The van der Waals surface area contributed by atoms with Crippen LogP contribution in [0.5, 0.6) is 0 Å². The number of aliphatic hydroxyl groups is 1. The number of carbonyl (C=O) groups is 1. The number of nitrogens with one attached hydrogen (secondary N) is 1. The molecule has 9 heteroatoms. The maximum atomic E-state index is 13.0. The second-order valence-electron chi connectivity index (χ2n) is 8.25. The molecule has 2 aromatic carbocycles. The van der Waals surface area contributed by atoms with Crippen molar-refractivity contribution in [2.24, 2.45) is 9.98 Å². The Labute approximate surface area is 222 Å². The molecule has 37 heavy (non-hydrogen) atoms. The number of hydrogen-bond donors (Lipinski definition) is 3. The molecule has 1 unspecified atom stereocenters. The molecule has 3 rings (SSSR count). The van der Waals surface area contributed by atoms with E-state index >= 15 is 0 Å². The standard InChI is InChI=1S/C28H31ClN6O2/c1-5-32-25-18(9-12-22-24-14-20(29)11-8-19(24)15-33-27(22)30)10-13-23(26(25)31-4)28(37)34-16-21(36)17-35(6-2)7-3/h5,8,10-11,13-15,21,36H,4,6-7,16-17H2,1-3H3,(H2,30,33)(H,34,37). The molecule has 192 valence electrons. The van der Waals surface area contributed by atoms with Gasteiger partial charge in [-0.25, -0.2) is 4.98 Å². The molecule has 0 bridgehead atoms. The zero-order valence-corrected chi connectivity index (χ0v) is 22.0. The van der Waals surface area contributed by atoms with Crippen LogP contribution in [0.3, 0.4) is 0 Å². The van der Waals surface area contributed by atoms with Gasteiger partial charge in [0.25, 0.3) is 5.91 Å². The van der Waals surface area contributed by atoms with Crippen LogP contribution in [0.15, 0.2) is 46.5 Å². The fourth-order valence-corrected chi connectivity index (χ4v) is 4.07. The van der Waals surface area contributed by atoms with Gasteiger partial charge in [0.1, 0.15) is 17.2 Å². The van der Waals surface area contributed by atoms with Crippen LogP contribution < -0.4 is 11.1 Å². The van der Waals surface area contributed by atoms with Crippen LogP contribution in [0.1, 0.15) is 42.3 Å². The first-order valence-electron chi connectivity index (χ1n) is 12.0. The summed E-state index contributed by atoms with van der Waals surface area (Å²) in [6.07, 6.45) is 2.57. The number of nitrogen functional groups attached to an aromatic ring is 1. The number of carbonyl (C=O) groups excluding carboxylic acids is 1. The third-order valence-corrected chi connectivity index (χ3v) is 6.11. The van der Waals surface area contributed by atoms with E-state index in [4.69, 9.17) is 17.3 Å². The molecule has 4 N–H and O–H groups in total. The summed E-state index contributed by atoms with van der Waals surface area (Å²) in [7, 11) is 0. The highest BCUT2D eigenvalue weighted by Gasteiger charge is 2.18. The van der Waals surface area contributed by atoms with Crippen molar-refractivity contribution in [1.82, 2.24) is 15.2 Å². The first-order chi connectivity index (χ1) is 17.8. The predicted molar refractivity (Wildman–Crippen MR) is 153 cm³/mol. The number of benzene rings is 2. The van der Waals surface area contributed by atoms with Gasteiger partial charge in [-0.2, -0.15) is 0 Å². The van der Waals surface area contributed by atoms with Crippen molar-refractivity contribution in [3.63, 3.8) is 0 Å². The molecule has 1 aromatic heterocycles. The second-order valence-corrected chi connectivity index (χ2v) is 8.69. The Morgan fingerprint density at radius 1 is 1.27 bits per heavy atom. The molecule has 0 radical (unpaired) electrons. The van der Waals surface area contributed by atoms with Gasteiger partial charge in [0, 0.05) is 41.3 Å². The van der Waals surface area contributed by atoms with E-state index in [9.17, 15) is 9.90 Å². The fraction of sp³-hybridized carbons (Fsp3) is 0.286. The average molecular weight is 519 g/mol. The predicted octanol–water partition coefficient (Wildman–Crippen LogP) is 4.36. The van der Waals surface area contributed by atoms with E-state index in [0.717, 1.165) is 23.9 Å². The molecule has 1 atom stereocenters. The Morgan fingerprint density at radius 2 is 2.03 bits per heavy atom. The number of rotatable bonds is 9. The van der Waals surface area contributed by atoms with Crippen molar-refractivity contribution in [3.05, 3.63) is 58.2 Å². The minimum atomic E-state index is -0.699. The topological polar surface area (TPSA) is 116 Å². The normalized spacial score (nSPS) is 11.9. The summed E-state index contributed by atoms with van der Waals surface area (Å²) < 4.78 is 0. The fourth-order valence-electron chi connectivity index (χ4n) is 3.89. The number of aliphatic imine (C=N–C) groups is 2. The van der Waals surface area contributed by atoms with Crippen LogP contribution in [0, 0.1) is 11.8 Å². The van der Waals surface area contributed by atoms with Crippen molar-refractivity contribution in [3.8, 4) is 11.8 Å². The van der Waals surface area contributed by atoms with Gasteiger partial charge in [0.2, 0.25) is 0 Å². The minimum absolute atomic E-state index is 0.107. The molecule has 0 fully saturated rings. The number of aromatic nitrogens is 1. The third kappa shape index (κ3) is 6.71. The Bertz CT molecular complexity index is 1380. The number of aliphatic hydroxyl groups excluding tert-OH is 1. The number of fused-ring (bicyclic) bond motifs is 1. The van der Waals surface area contributed by atoms with Crippen LogP contribution >= 0.6 is 11.6 Å². The van der Waals surface area contributed by atoms with Gasteiger partial charge in [-0.3, -0.25) is 14.8 Å². The number of pyridine rings is 1. The summed E-state index contributed by atoms with van der Waals surface area (Å²) in [6, 6.07) is 8.75. The number of amides is 1. The van der Waals surface area contributed by atoms with E-state index in [1.54, 1.807) is 43.6 Å². The lowest BCUT2D eigenvalue weighted by Crippen LogP contribution is -2.40. The summed E-state index contributed by atoms with van der Waals surface area (Å²) in [5.74, 6) is 6.10. The highest BCUT2D eigenvalue weighted by Crippen LogP contribution is 2.35. The van der Waals surface area contributed by atoms with Gasteiger partial charge in [-0.15, -0.1) is 0 Å². The van der Waals surface area contributed by atoms with Gasteiger partial charge in [0.05, 0.1) is 22.8 Å². The van der Waals surface area contributed by atoms with Crippen LogP contribution in [-0.4, -0.2) is 66.1 Å². The Morgan fingerprint density at radius 3 is 2.70 bits per heavy atom. The second kappa shape index (κ2) is 13.0. The number of anilines is 1. The van der Waals surface area contributed by atoms with Gasteiger partial charge < -0.3 is 21.1 Å². The first kappa shape index (κ1) is 27.8. The van der Waals surface area contributed by atoms with Crippen molar-refractivity contribution in [1.29, 1.82) is 0 Å². The highest BCUT2D eigenvalue weighted by molar-refractivity contribution is 6.31. The smallest absolute Gasteiger partial charge is 0.253 e.